The van der Waals surface area contributed by atoms with Crippen molar-refractivity contribution < 1.29 is 9.90 Å². The third-order valence-corrected chi connectivity index (χ3v) is 5.28. The molecule has 4 rings (SSSR count). The van der Waals surface area contributed by atoms with Gasteiger partial charge in [-0.05, 0) is 28.8 Å². The molecule has 5 nitrogen and oxygen atoms in total. The molecule has 1 amide bonds. The van der Waals surface area contributed by atoms with E-state index in [0.29, 0.717) is 28.6 Å². The second-order valence-corrected chi connectivity index (χ2v) is 7.86. The Balaban J connectivity index is 1.60. The van der Waals surface area contributed by atoms with Crippen molar-refractivity contribution in [3.8, 4) is 11.3 Å². The Morgan fingerprint density at radius 1 is 0.875 bits per heavy atom. The smallest absolute Gasteiger partial charge is 0.229 e. The summed E-state index contributed by atoms with van der Waals surface area (Å²) in [5.74, 6) is 0.277. The quantitative estimate of drug-likeness (QED) is 0.418. The summed E-state index contributed by atoms with van der Waals surface area (Å²) in [4.78, 5) is 22.0. The molecule has 1 heterocycles. The maximum Gasteiger partial charge on any atom is 0.229 e. The molecule has 6 heteroatoms. The highest BCUT2D eigenvalue weighted by atomic mass is 35.5. The van der Waals surface area contributed by atoms with Crippen LogP contribution in [0.15, 0.2) is 85.1 Å². The molecule has 0 spiro atoms. The normalized spacial score (nSPS) is 10.7. The third-order valence-electron chi connectivity index (χ3n) is 5.03. The molecule has 0 saturated heterocycles. The van der Waals surface area contributed by atoms with Gasteiger partial charge in [-0.2, -0.15) is 0 Å². The third kappa shape index (κ3) is 5.58. The number of carbonyl (C=O) groups excluding carboxylic acids is 1. The minimum atomic E-state index is -0.170. The van der Waals surface area contributed by atoms with E-state index < -0.39 is 0 Å². The number of hydrogen-bond acceptors (Lipinski definition) is 4. The molecule has 160 valence electrons. The molecule has 0 aliphatic rings. The van der Waals surface area contributed by atoms with E-state index in [4.69, 9.17) is 16.6 Å². The Hall–Kier alpha value is -3.54. The fourth-order valence-electron chi connectivity index (χ4n) is 3.33. The molecule has 1 aromatic heterocycles. The fourth-order valence-corrected chi connectivity index (χ4v) is 3.45. The summed E-state index contributed by atoms with van der Waals surface area (Å²) in [6.07, 6.45) is 2.40. The number of hydrogen-bond donors (Lipinski definition) is 2. The van der Waals surface area contributed by atoms with Crippen LogP contribution in [0.25, 0.3) is 11.3 Å². The minimum Gasteiger partial charge on any atom is -0.392 e. The van der Waals surface area contributed by atoms with Gasteiger partial charge in [0.2, 0.25) is 5.91 Å². The van der Waals surface area contributed by atoms with Crippen LogP contribution in [-0.4, -0.2) is 21.0 Å². The van der Waals surface area contributed by atoms with Crippen molar-refractivity contribution in [3.63, 3.8) is 0 Å². The molecular formula is C26H22ClN3O2. The summed E-state index contributed by atoms with van der Waals surface area (Å²) < 4.78 is 0. The molecule has 0 atom stereocenters. The number of nitrogens with zero attached hydrogens (tertiary/aromatic N) is 2. The topological polar surface area (TPSA) is 75.1 Å². The first-order chi connectivity index (χ1) is 15.6. The number of aromatic nitrogens is 2. The molecule has 0 bridgehead atoms. The largest absolute Gasteiger partial charge is 0.392 e. The van der Waals surface area contributed by atoms with Gasteiger partial charge in [-0.15, -0.1) is 0 Å². The summed E-state index contributed by atoms with van der Waals surface area (Å²) in [6.45, 7) is -0.0101. The van der Waals surface area contributed by atoms with Gasteiger partial charge in [0.1, 0.15) is 0 Å². The van der Waals surface area contributed by atoms with Crippen LogP contribution in [0, 0.1) is 0 Å². The van der Waals surface area contributed by atoms with E-state index in [2.05, 4.69) is 10.3 Å². The maximum atomic E-state index is 12.7. The number of aliphatic hydroxyl groups is 1. The highest BCUT2D eigenvalue weighted by Gasteiger charge is 2.13. The predicted molar refractivity (Wildman–Crippen MR) is 126 cm³/mol. The van der Waals surface area contributed by atoms with E-state index in [-0.39, 0.29) is 18.9 Å². The molecule has 4 aromatic rings. The van der Waals surface area contributed by atoms with Crippen LogP contribution in [0.3, 0.4) is 0 Å². The van der Waals surface area contributed by atoms with Crippen molar-refractivity contribution in [1.82, 2.24) is 9.97 Å². The molecule has 0 radical (unpaired) electrons. The minimum absolute atomic E-state index is 0.0101. The van der Waals surface area contributed by atoms with Crippen molar-refractivity contribution in [2.24, 2.45) is 0 Å². The van der Waals surface area contributed by atoms with Gasteiger partial charge in [-0.3, -0.25) is 4.79 Å². The van der Waals surface area contributed by atoms with Crippen LogP contribution < -0.4 is 5.32 Å². The van der Waals surface area contributed by atoms with E-state index in [1.54, 1.807) is 18.3 Å². The summed E-state index contributed by atoms with van der Waals surface area (Å²) in [7, 11) is 0. The SMILES string of the molecule is O=C(Cc1ccc(Cl)cc1)Nc1ncc(-c2ccc(CO)cc2)nc1Cc1ccccc1. The number of halogens is 1. The van der Waals surface area contributed by atoms with E-state index >= 15 is 0 Å². The lowest BCUT2D eigenvalue weighted by Crippen LogP contribution is -2.17. The molecule has 0 aliphatic carbocycles. The van der Waals surface area contributed by atoms with Crippen LogP contribution in [-0.2, 0) is 24.2 Å². The van der Waals surface area contributed by atoms with Gasteiger partial charge in [0, 0.05) is 17.0 Å². The van der Waals surface area contributed by atoms with Crippen LogP contribution >= 0.6 is 11.6 Å². The van der Waals surface area contributed by atoms with Crippen molar-refractivity contribution in [2.75, 3.05) is 5.32 Å². The molecular weight excluding hydrogens is 422 g/mol. The Bertz CT molecular complexity index is 1190. The van der Waals surface area contributed by atoms with Gasteiger partial charge in [0.05, 0.1) is 30.6 Å². The summed E-state index contributed by atoms with van der Waals surface area (Å²) in [5, 5.41) is 12.8. The molecule has 0 aliphatic heterocycles. The van der Waals surface area contributed by atoms with E-state index in [1.165, 1.54) is 0 Å². The van der Waals surface area contributed by atoms with Gasteiger partial charge in [-0.25, -0.2) is 9.97 Å². The van der Waals surface area contributed by atoms with Gasteiger partial charge in [-0.1, -0.05) is 78.3 Å². The zero-order valence-corrected chi connectivity index (χ0v) is 18.1. The van der Waals surface area contributed by atoms with Crippen molar-refractivity contribution in [3.05, 3.63) is 112 Å². The molecule has 3 aromatic carbocycles. The lowest BCUT2D eigenvalue weighted by molar-refractivity contribution is -0.115. The number of anilines is 1. The lowest BCUT2D eigenvalue weighted by atomic mass is 10.1. The monoisotopic (exact) mass is 443 g/mol. The molecule has 32 heavy (non-hydrogen) atoms. The zero-order valence-electron chi connectivity index (χ0n) is 17.3. The van der Waals surface area contributed by atoms with Gasteiger partial charge in [0.25, 0.3) is 0 Å². The van der Waals surface area contributed by atoms with Crippen LogP contribution in [0.1, 0.15) is 22.4 Å². The van der Waals surface area contributed by atoms with Gasteiger partial charge in [0.15, 0.2) is 5.82 Å². The summed E-state index contributed by atoms with van der Waals surface area (Å²) in [5.41, 5.74) is 5.05. The van der Waals surface area contributed by atoms with Crippen LogP contribution in [0.2, 0.25) is 5.02 Å². The second kappa shape index (κ2) is 10.2. The Kier molecular flexibility index (Phi) is 6.90. The van der Waals surface area contributed by atoms with Crippen molar-refractivity contribution >= 4 is 23.3 Å². The second-order valence-electron chi connectivity index (χ2n) is 7.42. The Morgan fingerprint density at radius 2 is 1.56 bits per heavy atom. The average Bonchev–Trinajstić information content (AvgIpc) is 2.82. The zero-order chi connectivity index (χ0) is 22.3. The standard InChI is InChI=1S/C26H22ClN3O2/c27-22-12-8-19(9-13-22)15-25(32)30-26-23(14-18-4-2-1-3-5-18)29-24(16-28-26)21-10-6-20(17-31)7-11-21/h1-13,16,31H,14-15,17H2,(H,28,30,32). The predicted octanol–water partition coefficient (Wildman–Crippen LogP) is 5.06. The first-order valence-electron chi connectivity index (χ1n) is 10.2. The first-order valence-corrected chi connectivity index (χ1v) is 10.6. The maximum absolute atomic E-state index is 12.7. The molecule has 0 saturated carbocycles. The van der Waals surface area contributed by atoms with E-state index in [0.717, 1.165) is 22.3 Å². The fraction of sp³-hybridized carbons (Fsp3) is 0.115. The lowest BCUT2D eigenvalue weighted by Gasteiger charge is -2.12. The van der Waals surface area contributed by atoms with E-state index in [9.17, 15) is 9.90 Å². The Labute approximate surface area is 191 Å². The van der Waals surface area contributed by atoms with E-state index in [1.807, 2.05) is 66.7 Å². The number of rotatable bonds is 7. The van der Waals surface area contributed by atoms with Crippen molar-refractivity contribution in [1.29, 1.82) is 0 Å². The summed E-state index contributed by atoms with van der Waals surface area (Å²) >= 11 is 5.93. The average molecular weight is 444 g/mol. The highest BCUT2D eigenvalue weighted by Crippen LogP contribution is 2.22. The van der Waals surface area contributed by atoms with Crippen LogP contribution in [0.4, 0.5) is 5.82 Å². The number of benzene rings is 3. The molecule has 0 unspecified atom stereocenters. The molecule has 0 fully saturated rings. The number of nitrogens with one attached hydrogen (secondary N) is 1. The number of aliphatic hydroxyl groups excluding tert-OH is 1. The van der Waals surface area contributed by atoms with Gasteiger partial charge >= 0.3 is 0 Å². The number of amides is 1. The molecule has 2 N–H and O–H groups in total. The van der Waals surface area contributed by atoms with Crippen LogP contribution in [0.5, 0.6) is 0 Å². The van der Waals surface area contributed by atoms with Gasteiger partial charge < -0.3 is 10.4 Å². The Morgan fingerprint density at radius 3 is 2.25 bits per heavy atom. The number of carbonyl (C=O) groups is 1. The summed E-state index contributed by atoms with van der Waals surface area (Å²) in [6, 6.07) is 24.7. The van der Waals surface area contributed by atoms with Crippen molar-refractivity contribution in [2.45, 2.75) is 19.4 Å². The highest BCUT2D eigenvalue weighted by molar-refractivity contribution is 6.30. The first kappa shape index (κ1) is 21.7.